The Bertz CT molecular complexity index is 527. The highest BCUT2D eigenvalue weighted by Crippen LogP contribution is 2.18. The molecule has 2 N–H and O–H groups in total. The minimum atomic E-state index is -0.204. The van der Waals surface area contributed by atoms with Gasteiger partial charge >= 0.3 is 0 Å². The monoisotopic (exact) mass is 320 g/mol. The van der Waals surface area contributed by atoms with Gasteiger partial charge in [0.1, 0.15) is 5.75 Å². The third kappa shape index (κ3) is 4.98. The Morgan fingerprint density at radius 2 is 2.14 bits per heavy atom. The molecule has 4 nitrogen and oxygen atoms in total. The van der Waals surface area contributed by atoms with E-state index in [1.165, 1.54) is 12.8 Å². The van der Waals surface area contributed by atoms with Crippen LogP contribution in [-0.4, -0.2) is 23.2 Å². The number of hydrogen-bond donors (Lipinski definition) is 2. The summed E-state index contributed by atoms with van der Waals surface area (Å²) in [4.78, 5) is 12.2. The van der Waals surface area contributed by atoms with Crippen molar-refractivity contribution < 1.29 is 9.53 Å². The van der Waals surface area contributed by atoms with Crippen molar-refractivity contribution in [1.29, 1.82) is 0 Å². The van der Waals surface area contributed by atoms with Crippen molar-refractivity contribution in [2.45, 2.75) is 58.1 Å². The molecule has 1 aliphatic carbocycles. The van der Waals surface area contributed by atoms with Gasteiger partial charge in [0.05, 0.1) is 6.10 Å². The fraction of sp³-hybridized carbons (Fsp3) is 0.529. The lowest BCUT2D eigenvalue weighted by atomic mass is 10.2. The summed E-state index contributed by atoms with van der Waals surface area (Å²) in [5.74, 6) is 0.502. The molecule has 1 amide bonds. The SMILES string of the molecule is CCC(C)Oc1cccc(C(=O)NC(=S)NC2CCCC2)c1. The number of hydrogen-bond acceptors (Lipinski definition) is 3. The molecule has 0 saturated heterocycles. The summed E-state index contributed by atoms with van der Waals surface area (Å²) in [6, 6.07) is 7.59. The van der Waals surface area contributed by atoms with Gasteiger partial charge in [-0.15, -0.1) is 0 Å². The van der Waals surface area contributed by atoms with E-state index in [4.69, 9.17) is 17.0 Å². The van der Waals surface area contributed by atoms with Crippen LogP contribution in [0.5, 0.6) is 5.75 Å². The molecule has 0 radical (unpaired) electrons. The van der Waals surface area contributed by atoms with Crippen molar-refractivity contribution in [2.24, 2.45) is 0 Å². The molecule has 0 heterocycles. The fourth-order valence-electron chi connectivity index (χ4n) is 2.49. The van der Waals surface area contributed by atoms with Gasteiger partial charge in [0.2, 0.25) is 0 Å². The van der Waals surface area contributed by atoms with Crippen LogP contribution >= 0.6 is 12.2 Å². The average Bonchev–Trinajstić information content (AvgIpc) is 3.00. The minimum Gasteiger partial charge on any atom is -0.491 e. The number of thiocarbonyl (C=S) groups is 1. The predicted octanol–water partition coefficient (Wildman–Crippen LogP) is 3.41. The molecule has 22 heavy (non-hydrogen) atoms. The highest BCUT2D eigenvalue weighted by atomic mass is 32.1. The first-order valence-electron chi connectivity index (χ1n) is 7.97. The number of carbonyl (C=O) groups excluding carboxylic acids is 1. The molecule has 1 aromatic rings. The van der Waals surface area contributed by atoms with Crippen molar-refractivity contribution in [2.75, 3.05) is 0 Å². The van der Waals surface area contributed by atoms with E-state index >= 15 is 0 Å². The molecule has 1 saturated carbocycles. The highest BCUT2D eigenvalue weighted by molar-refractivity contribution is 7.80. The first kappa shape index (κ1) is 16.7. The molecule has 1 aromatic carbocycles. The quantitative estimate of drug-likeness (QED) is 0.816. The van der Waals surface area contributed by atoms with E-state index in [1.54, 1.807) is 12.1 Å². The van der Waals surface area contributed by atoms with Gasteiger partial charge in [-0.2, -0.15) is 0 Å². The molecule has 0 spiro atoms. The fourth-order valence-corrected chi connectivity index (χ4v) is 2.75. The Morgan fingerprint density at radius 3 is 2.82 bits per heavy atom. The van der Waals surface area contributed by atoms with Crippen LogP contribution in [0.15, 0.2) is 24.3 Å². The molecule has 0 bridgehead atoms. The summed E-state index contributed by atoms with van der Waals surface area (Å²) in [5.41, 5.74) is 0.552. The number of rotatable bonds is 5. The van der Waals surface area contributed by atoms with Gasteiger partial charge < -0.3 is 10.1 Å². The second-order valence-electron chi connectivity index (χ2n) is 5.77. The molecule has 1 unspecified atom stereocenters. The zero-order valence-corrected chi connectivity index (χ0v) is 14.0. The maximum Gasteiger partial charge on any atom is 0.257 e. The lowest BCUT2D eigenvalue weighted by molar-refractivity contribution is 0.0975. The molecule has 0 aromatic heterocycles. The van der Waals surface area contributed by atoms with Crippen LogP contribution < -0.4 is 15.4 Å². The smallest absolute Gasteiger partial charge is 0.257 e. The van der Waals surface area contributed by atoms with Crippen molar-refractivity contribution in [3.8, 4) is 5.75 Å². The standard InChI is InChI=1S/C17H24N2O2S/c1-3-12(2)21-15-10-6-7-13(11-15)16(20)19-17(22)18-14-8-4-5-9-14/h6-7,10-12,14H,3-5,8-9H2,1-2H3,(H2,18,19,20,22). The van der Waals surface area contributed by atoms with Crippen molar-refractivity contribution in [3.05, 3.63) is 29.8 Å². The summed E-state index contributed by atoms with van der Waals surface area (Å²) >= 11 is 5.21. The van der Waals surface area contributed by atoms with Crippen molar-refractivity contribution in [1.82, 2.24) is 10.6 Å². The summed E-state index contributed by atoms with van der Waals surface area (Å²) < 4.78 is 5.74. The average molecular weight is 320 g/mol. The van der Waals surface area contributed by atoms with E-state index in [9.17, 15) is 4.79 Å². The lowest BCUT2D eigenvalue weighted by Gasteiger charge is -2.16. The Labute approximate surface area is 137 Å². The third-order valence-corrected chi connectivity index (χ3v) is 4.15. The normalized spacial score (nSPS) is 16.1. The van der Waals surface area contributed by atoms with Crippen LogP contribution in [-0.2, 0) is 0 Å². The molecule has 120 valence electrons. The second kappa shape index (κ2) is 8.13. The first-order valence-corrected chi connectivity index (χ1v) is 8.38. The number of carbonyl (C=O) groups is 1. The van der Waals surface area contributed by atoms with E-state index in [0.717, 1.165) is 19.3 Å². The number of amides is 1. The van der Waals surface area contributed by atoms with Crippen LogP contribution in [0.4, 0.5) is 0 Å². The Kier molecular flexibility index (Phi) is 6.19. The molecule has 2 rings (SSSR count). The predicted molar refractivity (Wildman–Crippen MR) is 92.3 cm³/mol. The van der Waals surface area contributed by atoms with Gasteiger partial charge in [0.25, 0.3) is 5.91 Å². The van der Waals surface area contributed by atoms with Crippen LogP contribution in [0.1, 0.15) is 56.3 Å². The Hall–Kier alpha value is -1.62. The summed E-state index contributed by atoms with van der Waals surface area (Å²) in [6.45, 7) is 4.07. The van der Waals surface area contributed by atoms with Gasteiger partial charge in [0.15, 0.2) is 5.11 Å². The molecular weight excluding hydrogens is 296 g/mol. The summed E-state index contributed by atoms with van der Waals surface area (Å²) in [5, 5.41) is 6.35. The largest absolute Gasteiger partial charge is 0.491 e. The number of nitrogens with one attached hydrogen (secondary N) is 2. The molecule has 1 atom stereocenters. The number of ether oxygens (including phenoxy) is 1. The Morgan fingerprint density at radius 1 is 1.41 bits per heavy atom. The maximum absolute atomic E-state index is 12.2. The van der Waals surface area contributed by atoms with Gasteiger partial charge in [-0.25, -0.2) is 0 Å². The lowest BCUT2D eigenvalue weighted by Crippen LogP contribution is -2.43. The summed E-state index contributed by atoms with van der Waals surface area (Å²) in [6.07, 6.45) is 5.74. The van der Waals surface area contributed by atoms with E-state index in [0.29, 0.717) is 22.5 Å². The second-order valence-corrected chi connectivity index (χ2v) is 6.18. The van der Waals surface area contributed by atoms with Gasteiger partial charge in [-0.1, -0.05) is 25.8 Å². The van der Waals surface area contributed by atoms with Crippen LogP contribution in [0.3, 0.4) is 0 Å². The zero-order chi connectivity index (χ0) is 15.9. The zero-order valence-electron chi connectivity index (χ0n) is 13.2. The molecule has 1 fully saturated rings. The van der Waals surface area contributed by atoms with Gasteiger partial charge in [-0.3, -0.25) is 10.1 Å². The van der Waals surface area contributed by atoms with E-state index < -0.39 is 0 Å². The Balaban J connectivity index is 1.91. The molecular formula is C17H24N2O2S. The maximum atomic E-state index is 12.2. The van der Waals surface area contributed by atoms with Crippen molar-refractivity contribution >= 4 is 23.2 Å². The first-order chi connectivity index (χ1) is 10.6. The highest BCUT2D eigenvalue weighted by Gasteiger charge is 2.17. The molecule has 1 aliphatic rings. The summed E-state index contributed by atoms with van der Waals surface area (Å²) in [7, 11) is 0. The topological polar surface area (TPSA) is 50.4 Å². The van der Waals surface area contributed by atoms with Crippen LogP contribution in [0, 0.1) is 0 Å². The molecule has 0 aliphatic heterocycles. The number of benzene rings is 1. The third-order valence-electron chi connectivity index (χ3n) is 3.93. The van der Waals surface area contributed by atoms with E-state index in [1.807, 2.05) is 19.1 Å². The minimum absolute atomic E-state index is 0.128. The van der Waals surface area contributed by atoms with Crippen molar-refractivity contribution in [3.63, 3.8) is 0 Å². The van der Waals surface area contributed by atoms with Crippen LogP contribution in [0.25, 0.3) is 0 Å². The van der Waals surface area contributed by atoms with Gasteiger partial charge in [-0.05, 0) is 56.6 Å². The van der Waals surface area contributed by atoms with E-state index in [-0.39, 0.29) is 12.0 Å². The van der Waals surface area contributed by atoms with E-state index in [2.05, 4.69) is 17.6 Å². The van der Waals surface area contributed by atoms with Crippen LogP contribution in [0.2, 0.25) is 0 Å². The van der Waals surface area contributed by atoms with Gasteiger partial charge in [0, 0.05) is 11.6 Å². The molecule has 5 heteroatoms.